The van der Waals surface area contributed by atoms with Gasteiger partial charge in [0.1, 0.15) is 11.3 Å². The molecule has 3 nitrogen and oxygen atoms in total. The molecule has 4 heteroatoms. The summed E-state index contributed by atoms with van der Waals surface area (Å²) in [5, 5.41) is 10.3. The summed E-state index contributed by atoms with van der Waals surface area (Å²) >= 11 is 5.88. The monoisotopic (exact) mass is 275 g/mol. The highest BCUT2D eigenvalue weighted by atomic mass is 35.5. The third-order valence-electron chi connectivity index (χ3n) is 2.48. The van der Waals surface area contributed by atoms with E-state index in [-0.39, 0.29) is 5.75 Å². The van der Waals surface area contributed by atoms with Crippen LogP contribution in [0.5, 0.6) is 5.75 Å². The second-order valence-corrected chi connectivity index (χ2v) is 4.08. The molecule has 1 N–H and O–H groups in total. The Morgan fingerprint density at radius 2 is 1.84 bits per heavy atom. The van der Waals surface area contributed by atoms with Crippen molar-refractivity contribution >= 4 is 22.7 Å². The maximum absolute atomic E-state index is 9.75. The van der Waals surface area contributed by atoms with Crippen molar-refractivity contribution in [3.63, 3.8) is 0 Å². The van der Waals surface area contributed by atoms with Crippen LogP contribution in [0.2, 0.25) is 5.02 Å². The molecular formula is C15H14ClNO2. The largest absolute Gasteiger partial charge is 0.507 e. The van der Waals surface area contributed by atoms with E-state index in [0.717, 1.165) is 5.52 Å². The minimum atomic E-state index is 0.0981. The molecule has 3 rings (SSSR count). The molecule has 1 aromatic heterocycles. The molecular weight excluding hydrogens is 262 g/mol. The normalized spacial score (nSPS) is 10.1. The summed E-state index contributed by atoms with van der Waals surface area (Å²) in [6, 6.07) is 12.2. The van der Waals surface area contributed by atoms with Gasteiger partial charge in [-0.25, -0.2) is 4.98 Å². The van der Waals surface area contributed by atoms with Gasteiger partial charge in [-0.05, 0) is 30.3 Å². The molecule has 0 unspecified atom stereocenters. The molecule has 0 aliphatic heterocycles. The maximum atomic E-state index is 9.75. The summed E-state index contributed by atoms with van der Waals surface area (Å²) in [5.74, 6) is 0.465. The first-order chi connectivity index (χ1) is 9.24. The van der Waals surface area contributed by atoms with Crippen molar-refractivity contribution in [1.82, 2.24) is 4.98 Å². The zero-order chi connectivity index (χ0) is 13.8. The van der Waals surface area contributed by atoms with E-state index in [1.165, 1.54) is 6.07 Å². The van der Waals surface area contributed by atoms with Gasteiger partial charge in [-0.15, -0.1) is 0 Å². The van der Waals surface area contributed by atoms with Crippen LogP contribution in [-0.2, 0) is 0 Å². The van der Waals surface area contributed by atoms with Crippen LogP contribution in [0, 0.1) is 0 Å². The highest BCUT2D eigenvalue weighted by Gasteiger charge is 2.12. The van der Waals surface area contributed by atoms with E-state index in [4.69, 9.17) is 16.0 Å². The number of aromatic hydroxyl groups is 1. The number of para-hydroxylation sites is 2. The van der Waals surface area contributed by atoms with E-state index < -0.39 is 0 Å². The topological polar surface area (TPSA) is 46.3 Å². The lowest BCUT2D eigenvalue weighted by Gasteiger charge is -1.99. The Bertz CT molecular complexity index is 658. The van der Waals surface area contributed by atoms with E-state index in [1.807, 2.05) is 38.1 Å². The number of nitrogens with zero attached hydrogens (tertiary/aromatic N) is 1. The fraction of sp³-hybridized carbons (Fsp3) is 0.133. The molecule has 0 atom stereocenters. The Hall–Kier alpha value is -2.00. The number of fused-ring (bicyclic) bond motifs is 1. The number of hydrogen-bond acceptors (Lipinski definition) is 3. The summed E-state index contributed by atoms with van der Waals surface area (Å²) in [6.45, 7) is 4.00. The van der Waals surface area contributed by atoms with Gasteiger partial charge in [-0.1, -0.05) is 37.6 Å². The molecule has 0 saturated heterocycles. The number of phenolic OH excluding ortho intramolecular Hbond substituents is 1. The average Bonchev–Trinajstić information content (AvgIpc) is 2.87. The van der Waals surface area contributed by atoms with Crippen LogP contribution in [0.25, 0.3) is 22.6 Å². The van der Waals surface area contributed by atoms with Crippen LogP contribution in [0.15, 0.2) is 46.9 Å². The molecule has 1 heterocycles. The van der Waals surface area contributed by atoms with E-state index in [0.29, 0.717) is 22.1 Å². The Morgan fingerprint density at radius 3 is 2.58 bits per heavy atom. The molecule has 2 aromatic carbocycles. The van der Waals surface area contributed by atoms with Crippen LogP contribution in [-0.4, -0.2) is 10.1 Å². The lowest BCUT2D eigenvalue weighted by Crippen LogP contribution is -1.78. The van der Waals surface area contributed by atoms with Crippen LogP contribution in [0.4, 0.5) is 0 Å². The van der Waals surface area contributed by atoms with Crippen molar-refractivity contribution in [2.45, 2.75) is 13.8 Å². The van der Waals surface area contributed by atoms with E-state index in [9.17, 15) is 5.11 Å². The molecule has 0 aliphatic carbocycles. The third-order valence-corrected chi connectivity index (χ3v) is 2.72. The van der Waals surface area contributed by atoms with E-state index in [2.05, 4.69) is 4.98 Å². The second kappa shape index (κ2) is 5.76. The van der Waals surface area contributed by atoms with Crippen molar-refractivity contribution in [3.8, 4) is 17.2 Å². The molecule has 0 radical (unpaired) electrons. The fourth-order valence-electron chi connectivity index (χ4n) is 1.67. The summed E-state index contributed by atoms with van der Waals surface area (Å²) < 4.78 is 5.56. The molecule has 0 spiro atoms. The lowest BCUT2D eigenvalue weighted by atomic mass is 10.2. The first-order valence-corrected chi connectivity index (χ1v) is 6.46. The second-order valence-electron chi connectivity index (χ2n) is 3.65. The molecule has 0 aliphatic rings. The Balaban J connectivity index is 0.000000637. The van der Waals surface area contributed by atoms with Crippen LogP contribution in [0.3, 0.4) is 0 Å². The van der Waals surface area contributed by atoms with Crippen molar-refractivity contribution < 1.29 is 9.52 Å². The number of rotatable bonds is 1. The number of benzene rings is 2. The van der Waals surface area contributed by atoms with E-state index >= 15 is 0 Å². The minimum Gasteiger partial charge on any atom is -0.507 e. The van der Waals surface area contributed by atoms with Gasteiger partial charge in [0.15, 0.2) is 5.58 Å². The quantitative estimate of drug-likeness (QED) is 0.688. The highest BCUT2D eigenvalue weighted by molar-refractivity contribution is 6.30. The Morgan fingerprint density at radius 1 is 1.11 bits per heavy atom. The lowest BCUT2D eigenvalue weighted by molar-refractivity contribution is 0.474. The maximum Gasteiger partial charge on any atom is 0.231 e. The van der Waals surface area contributed by atoms with Crippen LogP contribution >= 0.6 is 11.6 Å². The van der Waals surface area contributed by atoms with Gasteiger partial charge < -0.3 is 9.52 Å². The molecule has 0 fully saturated rings. The van der Waals surface area contributed by atoms with Gasteiger partial charge >= 0.3 is 0 Å². The number of oxazole rings is 1. The van der Waals surface area contributed by atoms with Crippen molar-refractivity contribution in [3.05, 3.63) is 47.5 Å². The van der Waals surface area contributed by atoms with Crippen molar-refractivity contribution in [1.29, 1.82) is 0 Å². The SMILES string of the molecule is CC.Oc1ccc(Cl)cc1-c1nc2ccccc2o1. The molecule has 98 valence electrons. The van der Waals surface area contributed by atoms with Gasteiger partial charge in [-0.2, -0.15) is 0 Å². The zero-order valence-electron chi connectivity index (χ0n) is 10.7. The smallest absolute Gasteiger partial charge is 0.231 e. The highest BCUT2D eigenvalue weighted by Crippen LogP contribution is 2.32. The number of halogens is 1. The van der Waals surface area contributed by atoms with Gasteiger partial charge in [-0.3, -0.25) is 0 Å². The summed E-state index contributed by atoms with van der Waals surface area (Å²) in [5.41, 5.74) is 1.93. The van der Waals surface area contributed by atoms with Gasteiger partial charge in [0.05, 0.1) is 5.56 Å². The molecule has 0 amide bonds. The summed E-state index contributed by atoms with van der Waals surface area (Å²) in [7, 11) is 0. The predicted molar refractivity (Wildman–Crippen MR) is 77.5 cm³/mol. The van der Waals surface area contributed by atoms with Gasteiger partial charge in [0.2, 0.25) is 5.89 Å². The molecule has 0 bridgehead atoms. The van der Waals surface area contributed by atoms with Crippen LogP contribution in [0.1, 0.15) is 13.8 Å². The number of phenols is 1. The van der Waals surface area contributed by atoms with E-state index in [1.54, 1.807) is 12.1 Å². The standard InChI is InChI=1S/C13H8ClNO2.C2H6/c14-8-5-6-11(16)9(7-8)13-15-10-3-1-2-4-12(10)17-13;1-2/h1-7,16H;1-2H3. The first kappa shape index (κ1) is 13.4. The number of aromatic nitrogens is 1. The molecule has 19 heavy (non-hydrogen) atoms. The molecule has 0 saturated carbocycles. The summed E-state index contributed by atoms with van der Waals surface area (Å²) in [6.07, 6.45) is 0. The number of hydrogen-bond donors (Lipinski definition) is 1. The Labute approximate surface area is 116 Å². The average molecular weight is 276 g/mol. The molecule has 3 aromatic rings. The van der Waals surface area contributed by atoms with Crippen LogP contribution < -0.4 is 0 Å². The zero-order valence-corrected chi connectivity index (χ0v) is 11.5. The first-order valence-electron chi connectivity index (χ1n) is 6.08. The predicted octanol–water partition coefficient (Wildman–Crippen LogP) is 4.88. The van der Waals surface area contributed by atoms with Gasteiger partial charge in [0, 0.05) is 5.02 Å². The van der Waals surface area contributed by atoms with Crippen molar-refractivity contribution in [2.75, 3.05) is 0 Å². The minimum absolute atomic E-state index is 0.0981. The van der Waals surface area contributed by atoms with Crippen molar-refractivity contribution in [2.24, 2.45) is 0 Å². The fourth-order valence-corrected chi connectivity index (χ4v) is 1.84. The Kier molecular flexibility index (Phi) is 4.07. The third kappa shape index (κ3) is 2.71. The summed E-state index contributed by atoms with van der Waals surface area (Å²) in [4.78, 5) is 4.30. The van der Waals surface area contributed by atoms with Gasteiger partial charge in [0.25, 0.3) is 0 Å².